The zero-order chi connectivity index (χ0) is 13.8. The summed E-state index contributed by atoms with van der Waals surface area (Å²) < 4.78 is 0. The molecule has 0 aliphatic rings. The van der Waals surface area contributed by atoms with E-state index >= 15 is 0 Å². The van der Waals surface area contributed by atoms with E-state index in [1.807, 2.05) is 54.6 Å². The van der Waals surface area contributed by atoms with Gasteiger partial charge in [-0.15, -0.1) is 0 Å². The van der Waals surface area contributed by atoms with Crippen molar-refractivity contribution in [2.75, 3.05) is 5.43 Å². The van der Waals surface area contributed by atoms with Gasteiger partial charge in [0.25, 0.3) is 0 Å². The highest BCUT2D eigenvalue weighted by atomic mass is 15.3. The van der Waals surface area contributed by atoms with Crippen LogP contribution in [0.2, 0.25) is 0 Å². The second kappa shape index (κ2) is 5.53. The van der Waals surface area contributed by atoms with Gasteiger partial charge >= 0.3 is 0 Å². The van der Waals surface area contributed by atoms with Crippen molar-refractivity contribution in [2.24, 2.45) is 5.10 Å². The van der Waals surface area contributed by atoms with Crippen LogP contribution in [-0.2, 0) is 0 Å². The molecule has 20 heavy (non-hydrogen) atoms. The number of fused-ring (bicyclic) bond motifs is 1. The summed E-state index contributed by atoms with van der Waals surface area (Å²) >= 11 is 0. The van der Waals surface area contributed by atoms with Crippen LogP contribution >= 0.6 is 0 Å². The highest BCUT2D eigenvalue weighted by Gasteiger charge is 2.00. The van der Waals surface area contributed by atoms with Gasteiger partial charge in [0.15, 0.2) is 0 Å². The van der Waals surface area contributed by atoms with E-state index in [2.05, 4.69) is 28.5 Å². The molecule has 3 aromatic rings. The average molecular weight is 261 g/mol. The van der Waals surface area contributed by atoms with Crippen LogP contribution in [0.4, 0.5) is 5.82 Å². The van der Waals surface area contributed by atoms with Gasteiger partial charge in [0, 0.05) is 5.39 Å². The van der Waals surface area contributed by atoms with Gasteiger partial charge in [0.1, 0.15) is 5.82 Å². The molecule has 0 unspecified atom stereocenters. The summed E-state index contributed by atoms with van der Waals surface area (Å²) in [5.41, 5.74) is 6.20. The van der Waals surface area contributed by atoms with Crippen molar-refractivity contribution >= 4 is 22.9 Å². The van der Waals surface area contributed by atoms with Crippen LogP contribution in [0.15, 0.2) is 65.8 Å². The topological polar surface area (TPSA) is 37.3 Å². The standard InChI is InChI=1S/C17H15N3/c1-13-11-17(19-16-10-6-5-9-15(13)16)20-18-12-14-7-3-2-4-8-14/h2-12H,1H3,(H,19,20)/b18-12+. The summed E-state index contributed by atoms with van der Waals surface area (Å²) in [5, 5.41) is 5.39. The molecular weight excluding hydrogens is 246 g/mol. The lowest BCUT2D eigenvalue weighted by Gasteiger charge is -2.05. The highest BCUT2D eigenvalue weighted by molar-refractivity contribution is 5.84. The van der Waals surface area contributed by atoms with Gasteiger partial charge in [-0.3, -0.25) is 5.43 Å². The van der Waals surface area contributed by atoms with Crippen molar-refractivity contribution in [3.63, 3.8) is 0 Å². The molecule has 3 nitrogen and oxygen atoms in total. The fourth-order valence-corrected chi connectivity index (χ4v) is 2.12. The van der Waals surface area contributed by atoms with Crippen LogP contribution in [-0.4, -0.2) is 11.2 Å². The number of hydrogen-bond donors (Lipinski definition) is 1. The molecule has 1 aromatic heterocycles. The number of benzene rings is 2. The second-order valence-corrected chi connectivity index (χ2v) is 4.62. The maximum absolute atomic E-state index is 4.54. The smallest absolute Gasteiger partial charge is 0.147 e. The molecule has 0 atom stereocenters. The number of hydrazone groups is 1. The number of pyridine rings is 1. The minimum atomic E-state index is 0.758. The van der Waals surface area contributed by atoms with E-state index in [0.29, 0.717) is 0 Å². The maximum atomic E-state index is 4.54. The first-order chi connectivity index (χ1) is 9.83. The lowest BCUT2D eigenvalue weighted by Crippen LogP contribution is -1.95. The van der Waals surface area contributed by atoms with Gasteiger partial charge in [-0.1, -0.05) is 48.5 Å². The zero-order valence-electron chi connectivity index (χ0n) is 11.2. The number of aromatic nitrogens is 1. The molecule has 0 radical (unpaired) electrons. The summed E-state index contributed by atoms with van der Waals surface area (Å²) in [6, 6.07) is 20.1. The number of nitrogens with zero attached hydrogens (tertiary/aromatic N) is 2. The van der Waals surface area contributed by atoms with E-state index in [1.54, 1.807) is 6.21 Å². The van der Waals surface area contributed by atoms with E-state index < -0.39 is 0 Å². The molecule has 0 bridgehead atoms. The molecule has 3 rings (SSSR count). The first kappa shape index (κ1) is 12.4. The Hall–Kier alpha value is -2.68. The third-order valence-electron chi connectivity index (χ3n) is 3.12. The van der Waals surface area contributed by atoms with Crippen LogP contribution in [0, 0.1) is 6.92 Å². The Kier molecular flexibility index (Phi) is 3.42. The average Bonchev–Trinajstić information content (AvgIpc) is 2.48. The first-order valence-electron chi connectivity index (χ1n) is 6.53. The number of hydrogen-bond acceptors (Lipinski definition) is 3. The summed E-state index contributed by atoms with van der Waals surface area (Å²) in [7, 11) is 0. The molecule has 1 N–H and O–H groups in total. The lowest BCUT2D eigenvalue weighted by molar-refractivity contribution is 1.25. The third kappa shape index (κ3) is 2.67. The fourth-order valence-electron chi connectivity index (χ4n) is 2.12. The molecule has 0 spiro atoms. The van der Waals surface area contributed by atoms with Gasteiger partial charge in [-0.2, -0.15) is 5.10 Å². The number of aryl methyl sites for hydroxylation is 1. The molecule has 98 valence electrons. The van der Waals surface area contributed by atoms with Crippen molar-refractivity contribution in [1.82, 2.24) is 4.98 Å². The Morgan fingerprint density at radius 3 is 2.60 bits per heavy atom. The van der Waals surface area contributed by atoms with Gasteiger partial charge in [-0.05, 0) is 30.2 Å². The first-order valence-corrected chi connectivity index (χ1v) is 6.53. The molecule has 0 amide bonds. The molecular formula is C17H15N3. The predicted octanol–water partition coefficient (Wildman–Crippen LogP) is 3.99. The van der Waals surface area contributed by atoms with Crippen molar-refractivity contribution in [3.05, 3.63) is 71.8 Å². The van der Waals surface area contributed by atoms with Gasteiger partial charge < -0.3 is 0 Å². The summed E-state index contributed by atoms with van der Waals surface area (Å²) in [4.78, 5) is 4.54. The molecule has 0 fully saturated rings. The van der Waals surface area contributed by atoms with Crippen LogP contribution in [0.3, 0.4) is 0 Å². The molecule has 0 aliphatic heterocycles. The number of rotatable bonds is 3. The minimum absolute atomic E-state index is 0.758. The Morgan fingerprint density at radius 1 is 1.00 bits per heavy atom. The quantitative estimate of drug-likeness (QED) is 0.571. The van der Waals surface area contributed by atoms with Crippen molar-refractivity contribution in [3.8, 4) is 0 Å². The maximum Gasteiger partial charge on any atom is 0.147 e. The van der Waals surface area contributed by atoms with E-state index in [4.69, 9.17) is 0 Å². The van der Waals surface area contributed by atoms with E-state index in [9.17, 15) is 0 Å². The largest absolute Gasteiger partial charge is 0.261 e. The van der Waals surface area contributed by atoms with Crippen LogP contribution in [0.5, 0.6) is 0 Å². The highest BCUT2D eigenvalue weighted by Crippen LogP contribution is 2.19. The van der Waals surface area contributed by atoms with E-state index in [1.165, 1.54) is 10.9 Å². The molecule has 3 heteroatoms. The van der Waals surface area contributed by atoms with Gasteiger partial charge in [-0.25, -0.2) is 4.98 Å². The number of nitrogens with one attached hydrogen (secondary N) is 1. The summed E-state index contributed by atoms with van der Waals surface area (Å²) in [6.45, 7) is 2.08. The predicted molar refractivity (Wildman–Crippen MR) is 84.1 cm³/mol. The molecule has 0 saturated heterocycles. The van der Waals surface area contributed by atoms with Crippen molar-refractivity contribution in [2.45, 2.75) is 6.92 Å². The molecule has 0 saturated carbocycles. The van der Waals surface area contributed by atoms with Gasteiger partial charge in [0.2, 0.25) is 0 Å². The molecule has 1 heterocycles. The van der Waals surface area contributed by atoms with Crippen molar-refractivity contribution < 1.29 is 0 Å². The fraction of sp³-hybridized carbons (Fsp3) is 0.0588. The Labute approximate surface area is 118 Å². The Bertz CT molecular complexity index is 749. The molecule has 0 aliphatic carbocycles. The van der Waals surface area contributed by atoms with Crippen LogP contribution < -0.4 is 5.43 Å². The SMILES string of the molecule is Cc1cc(N/N=C/c2ccccc2)nc2ccccc12. The van der Waals surface area contributed by atoms with E-state index in [-0.39, 0.29) is 0 Å². The van der Waals surface area contributed by atoms with Crippen LogP contribution in [0.1, 0.15) is 11.1 Å². The molecule has 2 aromatic carbocycles. The van der Waals surface area contributed by atoms with Crippen LogP contribution in [0.25, 0.3) is 10.9 Å². The zero-order valence-corrected chi connectivity index (χ0v) is 11.2. The van der Waals surface area contributed by atoms with E-state index in [0.717, 1.165) is 16.9 Å². The number of para-hydroxylation sites is 1. The summed E-state index contributed by atoms with van der Waals surface area (Å²) in [6.07, 6.45) is 1.78. The third-order valence-corrected chi connectivity index (χ3v) is 3.12. The Morgan fingerprint density at radius 2 is 1.75 bits per heavy atom. The lowest BCUT2D eigenvalue weighted by atomic mass is 10.1. The minimum Gasteiger partial charge on any atom is -0.261 e. The second-order valence-electron chi connectivity index (χ2n) is 4.62. The normalized spacial score (nSPS) is 11.1. The van der Waals surface area contributed by atoms with Crippen molar-refractivity contribution in [1.29, 1.82) is 0 Å². The number of anilines is 1. The summed E-state index contributed by atoms with van der Waals surface area (Å²) in [5.74, 6) is 0.758. The monoisotopic (exact) mass is 261 g/mol. The Balaban J connectivity index is 1.83. The van der Waals surface area contributed by atoms with Gasteiger partial charge in [0.05, 0.1) is 11.7 Å².